The Hall–Kier alpha value is -4.01. The number of aromatic nitrogens is 2. The molecule has 0 bridgehead atoms. The van der Waals surface area contributed by atoms with Crippen LogP contribution in [0.3, 0.4) is 0 Å². The van der Waals surface area contributed by atoms with E-state index in [0.717, 1.165) is 5.56 Å². The largest absolute Gasteiger partial charge is 0.449 e. The van der Waals surface area contributed by atoms with Gasteiger partial charge in [0.05, 0.1) is 5.69 Å². The van der Waals surface area contributed by atoms with E-state index in [1.165, 1.54) is 42.1 Å². The molecule has 0 unspecified atom stereocenters. The van der Waals surface area contributed by atoms with Crippen LogP contribution in [0.5, 0.6) is 0 Å². The number of rotatable bonds is 5. The molecule has 3 amide bonds. The summed E-state index contributed by atoms with van der Waals surface area (Å²) < 4.78 is 19.9. The molecule has 9 heteroatoms. The van der Waals surface area contributed by atoms with Crippen molar-refractivity contribution in [3.63, 3.8) is 0 Å². The van der Waals surface area contributed by atoms with Crippen molar-refractivity contribution in [3.05, 3.63) is 71.7 Å². The van der Waals surface area contributed by atoms with E-state index in [4.69, 9.17) is 10.5 Å². The fraction of sp³-hybridized carbons (Fsp3) is 0.143. The second-order valence-electron chi connectivity index (χ2n) is 6.58. The van der Waals surface area contributed by atoms with Crippen molar-refractivity contribution in [2.45, 2.75) is 20.0 Å². The first-order valence-corrected chi connectivity index (χ1v) is 8.98. The van der Waals surface area contributed by atoms with Crippen LogP contribution in [0, 0.1) is 12.7 Å². The maximum atomic E-state index is 13.3. The molecule has 0 aliphatic rings. The van der Waals surface area contributed by atoms with Crippen LogP contribution in [0.4, 0.5) is 9.18 Å². The van der Waals surface area contributed by atoms with Crippen molar-refractivity contribution in [2.75, 3.05) is 0 Å². The minimum atomic E-state index is -1.26. The van der Waals surface area contributed by atoms with Gasteiger partial charge >= 0.3 is 12.0 Å². The molecule has 8 nitrogen and oxygen atoms in total. The molecule has 0 aliphatic heterocycles. The van der Waals surface area contributed by atoms with E-state index in [2.05, 4.69) is 5.10 Å². The SMILES string of the molecule is Cc1cccc(-c2nn(-c3ccc(F)cc3)cc2C(=O)O[C@@H](C)C(=O)NC(N)=O)c1. The summed E-state index contributed by atoms with van der Waals surface area (Å²) in [5.74, 6) is -2.07. The molecule has 0 saturated heterocycles. The van der Waals surface area contributed by atoms with Crippen molar-refractivity contribution >= 4 is 17.9 Å². The Kier molecular flexibility index (Phi) is 5.91. The smallest absolute Gasteiger partial charge is 0.342 e. The van der Waals surface area contributed by atoms with Crippen molar-refractivity contribution in [3.8, 4) is 16.9 Å². The lowest BCUT2D eigenvalue weighted by Gasteiger charge is -2.12. The van der Waals surface area contributed by atoms with Gasteiger partial charge in [0.2, 0.25) is 0 Å². The molecule has 2 aromatic carbocycles. The summed E-state index contributed by atoms with van der Waals surface area (Å²) in [5, 5.41) is 6.32. The van der Waals surface area contributed by atoms with E-state index in [1.54, 1.807) is 6.07 Å². The molecule has 0 aliphatic carbocycles. The van der Waals surface area contributed by atoms with Gasteiger partial charge in [0, 0.05) is 11.8 Å². The van der Waals surface area contributed by atoms with Gasteiger partial charge < -0.3 is 10.5 Å². The summed E-state index contributed by atoms with van der Waals surface area (Å²) in [6.07, 6.45) is 0.177. The topological polar surface area (TPSA) is 116 Å². The van der Waals surface area contributed by atoms with Crippen molar-refractivity contribution < 1.29 is 23.5 Å². The Bertz CT molecular complexity index is 1110. The first-order chi connectivity index (χ1) is 14.2. The lowest BCUT2D eigenvalue weighted by atomic mass is 10.1. The molecule has 154 valence electrons. The number of imide groups is 1. The molecular formula is C21H19FN4O4. The number of halogens is 1. The third-order valence-corrected chi connectivity index (χ3v) is 4.22. The zero-order valence-corrected chi connectivity index (χ0v) is 16.3. The predicted molar refractivity (Wildman–Crippen MR) is 106 cm³/mol. The number of nitrogens with one attached hydrogen (secondary N) is 1. The minimum Gasteiger partial charge on any atom is -0.449 e. The second-order valence-corrected chi connectivity index (χ2v) is 6.58. The number of urea groups is 1. The highest BCUT2D eigenvalue weighted by Gasteiger charge is 2.25. The van der Waals surface area contributed by atoms with Crippen LogP contribution in [0.15, 0.2) is 54.7 Å². The summed E-state index contributed by atoms with van der Waals surface area (Å²) in [6.45, 7) is 3.21. The van der Waals surface area contributed by atoms with Crippen LogP contribution < -0.4 is 11.1 Å². The molecule has 3 aromatic rings. The van der Waals surface area contributed by atoms with Crippen LogP contribution in [-0.2, 0) is 9.53 Å². The fourth-order valence-electron chi connectivity index (χ4n) is 2.76. The third kappa shape index (κ3) is 4.69. The van der Waals surface area contributed by atoms with Gasteiger partial charge in [-0.2, -0.15) is 5.10 Å². The quantitative estimate of drug-likeness (QED) is 0.628. The summed E-state index contributed by atoms with van der Waals surface area (Å²) in [6, 6.07) is 11.9. The van der Waals surface area contributed by atoms with Crippen LogP contribution >= 0.6 is 0 Å². The highest BCUT2D eigenvalue weighted by Crippen LogP contribution is 2.25. The summed E-state index contributed by atoms with van der Waals surface area (Å²) >= 11 is 0. The van der Waals surface area contributed by atoms with Gasteiger partial charge in [-0.05, 0) is 44.2 Å². The number of carbonyl (C=O) groups excluding carboxylic acids is 3. The molecule has 30 heavy (non-hydrogen) atoms. The molecule has 0 radical (unpaired) electrons. The molecular weight excluding hydrogens is 391 g/mol. The van der Waals surface area contributed by atoms with Gasteiger partial charge in [-0.3, -0.25) is 10.1 Å². The zero-order chi connectivity index (χ0) is 21.8. The van der Waals surface area contributed by atoms with Crippen LogP contribution in [0.1, 0.15) is 22.8 Å². The average Bonchev–Trinajstić information content (AvgIpc) is 3.13. The fourth-order valence-corrected chi connectivity index (χ4v) is 2.76. The van der Waals surface area contributed by atoms with Crippen LogP contribution in [0.25, 0.3) is 16.9 Å². The summed E-state index contributed by atoms with van der Waals surface area (Å²) in [4.78, 5) is 35.5. The Morgan fingerprint density at radius 3 is 2.50 bits per heavy atom. The molecule has 0 fully saturated rings. The Morgan fingerprint density at radius 2 is 1.87 bits per heavy atom. The molecule has 0 spiro atoms. The van der Waals surface area contributed by atoms with Crippen molar-refractivity contribution in [1.82, 2.24) is 15.1 Å². The molecule has 1 heterocycles. The molecule has 3 N–H and O–H groups in total. The van der Waals surface area contributed by atoms with Gasteiger partial charge in [-0.1, -0.05) is 23.8 Å². The van der Waals surface area contributed by atoms with E-state index in [9.17, 15) is 18.8 Å². The zero-order valence-electron chi connectivity index (χ0n) is 16.3. The lowest BCUT2D eigenvalue weighted by Crippen LogP contribution is -2.42. The lowest BCUT2D eigenvalue weighted by molar-refractivity contribution is -0.127. The van der Waals surface area contributed by atoms with E-state index in [1.807, 2.05) is 30.4 Å². The number of primary amides is 1. The Balaban J connectivity index is 1.99. The number of amides is 3. The van der Waals surface area contributed by atoms with E-state index in [0.29, 0.717) is 16.9 Å². The number of nitrogens with zero attached hydrogens (tertiary/aromatic N) is 2. The van der Waals surface area contributed by atoms with Gasteiger partial charge in [0.1, 0.15) is 17.1 Å². The van der Waals surface area contributed by atoms with E-state index >= 15 is 0 Å². The Morgan fingerprint density at radius 1 is 1.17 bits per heavy atom. The third-order valence-electron chi connectivity index (χ3n) is 4.22. The van der Waals surface area contributed by atoms with Gasteiger partial charge in [-0.15, -0.1) is 0 Å². The Labute approximate surface area is 171 Å². The molecule has 1 atom stereocenters. The number of benzene rings is 2. The van der Waals surface area contributed by atoms with Crippen LogP contribution in [0.2, 0.25) is 0 Å². The first kappa shape index (κ1) is 20.7. The predicted octanol–water partition coefficient (Wildman–Crippen LogP) is 2.73. The minimum absolute atomic E-state index is 0.101. The van der Waals surface area contributed by atoms with Crippen molar-refractivity contribution in [2.24, 2.45) is 5.73 Å². The number of esters is 1. The maximum absolute atomic E-state index is 13.3. The second kappa shape index (κ2) is 8.56. The highest BCUT2D eigenvalue weighted by molar-refractivity contribution is 6.00. The molecule has 0 saturated carbocycles. The number of aryl methyl sites for hydroxylation is 1. The van der Waals surface area contributed by atoms with Crippen LogP contribution in [-0.4, -0.2) is 33.8 Å². The molecule has 1 aromatic heterocycles. The van der Waals surface area contributed by atoms with Gasteiger partial charge in [0.25, 0.3) is 5.91 Å². The van der Waals surface area contributed by atoms with E-state index < -0.39 is 29.8 Å². The number of nitrogens with two attached hydrogens (primary N) is 1. The normalized spacial score (nSPS) is 11.6. The number of hydrogen-bond donors (Lipinski definition) is 2. The standard InChI is InChI=1S/C21H19FN4O4/c1-12-4-3-5-14(10-12)18-17(20(28)30-13(2)19(27)24-21(23)29)11-26(25-18)16-8-6-15(22)7-9-16/h3-11,13H,1-2H3,(H3,23,24,27,29)/t13-/m0/s1. The van der Waals surface area contributed by atoms with Crippen molar-refractivity contribution in [1.29, 1.82) is 0 Å². The van der Waals surface area contributed by atoms with Gasteiger partial charge in [-0.25, -0.2) is 18.7 Å². The first-order valence-electron chi connectivity index (χ1n) is 8.98. The maximum Gasteiger partial charge on any atom is 0.342 e. The molecule has 3 rings (SSSR count). The van der Waals surface area contributed by atoms with E-state index in [-0.39, 0.29) is 5.56 Å². The number of ether oxygens (including phenoxy) is 1. The number of carbonyl (C=O) groups is 3. The summed E-state index contributed by atoms with van der Waals surface area (Å²) in [7, 11) is 0. The summed E-state index contributed by atoms with van der Waals surface area (Å²) in [5.41, 5.74) is 7.50. The monoisotopic (exact) mass is 410 g/mol. The highest BCUT2D eigenvalue weighted by atomic mass is 19.1. The van der Waals surface area contributed by atoms with Gasteiger partial charge in [0.15, 0.2) is 6.10 Å². The average molecular weight is 410 g/mol. The number of hydrogen-bond acceptors (Lipinski definition) is 5.